The first-order valence-electron chi connectivity index (χ1n) is 6.39. The summed E-state index contributed by atoms with van der Waals surface area (Å²) in [5, 5.41) is 2.88. The van der Waals surface area contributed by atoms with Crippen molar-refractivity contribution < 1.29 is 4.79 Å². The third-order valence-electron chi connectivity index (χ3n) is 2.99. The molecule has 20 heavy (non-hydrogen) atoms. The van der Waals surface area contributed by atoms with Gasteiger partial charge in [-0.05, 0) is 29.8 Å². The maximum Gasteiger partial charge on any atom is 0.226 e. The van der Waals surface area contributed by atoms with Crippen molar-refractivity contribution in [3.63, 3.8) is 0 Å². The summed E-state index contributed by atoms with van der Waals surface area (Å²) >= 11 is 0. The first kappa shape index (κ1) is 12.3. The Morgan fingerprint density at radius 1 is 1.20 bits per heavy atom. The molecule has 0 aliphatic rings. The van der Waals surface area contributed by atoms with Crippen molar-refractivity contribution in [2.45, 2.75) is 13.0 Å². The van der Waals surface area contributed by atoms with Crippen LogP contribution >= 0.6 is 0 Å². The molecule has 5 nitrogen and oxygen atoms in total. The number of hydrogen-bond donors (Lipinski definition) is 1. The molecule has 0 saturated carbocycles. The molecule has 3 aromatic heterocycles. The van der Waals surface area contributed by atoms with Crippen molar-refractivity contribution in [3.05, 3.63) is 66.4 Å². The molecule has 0 unspecified atom stereocenters. The fourth-order valence-corrected chi connectivity index (χ4v) is 2.00. The van der Waals surface area contributed by atoms with E-state index in [0.29, 0.717) is 6.54 Å². The first-order valence-corrected chi connectivity index (χ1v) is 6.39. The number of nitrogens with one attached hydrogen (secondary N) is 1. The third kappa shape index (κ3) is 2.83. The predicted octanol–water partition coefficient (Wildman–Crippen LogP) is 1.59. The van der Waals surface area contributed by atoms with E-state index in [4.69, 9.17) is 0 Å². The van der Waals surface area contributed by atoms with E-state index in [-0.39, 0.29) is 12.3 Å². The lowest BCUT2D eigenvalue weighted by Crippen LogP contribution is -2.24. The third-order valence-corrected chi connectivity index (χ3v) is 2.99. The summed E-state index contributed by atoms with van der Waals surface area (Å²) in [6.45, 7) is 0.509. The zero-order valence-corrected chi connectivity index (χ0v) is 10.9. The maximum atomic E-state index is 11.9. The number of carbonyl (C=O) groups excluding carboxylic acids is 1. The number of rotatable bonds is 4. The minimum atomic E-state index is -0.0368. The average molecular weight is 266 g/mol. The number of fused-ring (bicyclic) bond motifs is 1. The number of imidazole rings is 1. The van der Waals surface area contributed by atoms with E-state index >= 15 is 0 Å². The van der Waals surface area contributed by atoms with Gasteiger partial charge in [0.1, 0.15) is 5.65 Å². The van der Waals surface area contributed by atoms with Crippen LogP contribution in [-0.4, -0.2) is 20.3 Å². The van der Waals surface area contributed by atoms with Gasteiger partial charge in [0.2, 0.25) is 5.91 Å². The Balaban J connectivity index is 1.61. The summed E-state index contributed by atoms with van der Waals surface area (Å²) in [5.74, 6) is -0.0368. The van der Waals surface area contributed by atoms with Gasteiger partial charge in [-0.1, -0.05) is 6.07 Å². The lowest BCUT2D eigenvalue weighted by Gasteiger charge is -2.03. The Morgan fingerprint density at radius 3 is 2.85 bits per heavy atom. The summed E-state index contributed by atoms with van der Waals surface area (Å²) in [6.07, 6.45) is 7.50. The highest BCUT2D eigenvalue weighted by molar-refractivity contribution is 5.78. The highest BCUT2D eigenvalue weighted by Gasteiger charge is 2.07. The van der Waals surface area contributed by atoms with Crippen LogP contribution in [0.5, 0.6) is 0 Å². The Labute approximate surface area is 116 Å². The van der Waals surface area contributed by atoms with Gasteiger partial charge in [0.15, 0.2) is 0 Å². The van der Waals surface area contributed by atoms with E-state index in [0.717, 1.165) is 16.9 Å². The Kier molecular flexibility index (Phi) is 3.41. The first-order chi connectivity index (χ1) is 9.81. The summed E-state index contributed by atoms with van der Waals surface area (Å²) in [4.78, 5) is 20.2. The van der Waals surface area contributed by atoms with Crippen LogP contribution < -0.4 is 5.32 Å². The van der Waals surface area contributed by atoms with Crippen LogP contribution in [0.25, 0.3) is 5.65 Å². The number of aromatic nitrogens is 3. The zero-order chi connectivity index (χ0) is 13.8. The summed E-state index contributed by atoms with van der Waals surface area (Å²) in [5.41, 5.74) is 2.65. The van der Waals surface area contributed by atoms with Gasteiger partial charge in [0.05, 0.1) is 12.1 Å². The normalized spacial score (nSPS) is 10.6. The molecule has 1 amide bonds. The number of pyridine rings is 2. The van der Waals surface area contributed by atoms with E-state index < -0.39 is 0 Å². The molecule has 3 heterocycles. The van der Waals surface area contributed by atoms with Crippen LogP contribution in [0.3, 0.4) is 0 Å². The fourth-order valence-electron chi connectivity index (χ4n) is 2.00. The monoisotopic (exact) mass is 266 g/mol. The fraction of sp³-hybridized carbons (Fsp3) is 0.133. The Bertz CT molecular complexity index is 688. The predicted molar refractivity (Wildman–Crippen MR) is 75.0 cm³/mol. The number of hydrogen-bond acceptors (Lipinski definition) is 3. The molecule has 0 atom stereocenters. The van der Waals surface area contributed by atoms with E-state index in [9.17, 15) is 4.79 Å². The molecule has 0 aliphatic heterocycles. The van der Waals surface area contributed by atoms with Crippen LogP contribution in [0.1, 0.15) is 11.3 Å². The molecule has 3 rings (SSSR count). The highest BCUT2D eigenvalue weighted by Crippen LogP contribution is 2.05. The molecular formula is C15H14N4O. The van der Waals surface area contributed by atoms with Gasteiger partial charge >= 0.3 is 0 Å². The van der Waals surface area contributed by atoms with E-state index in [1.54, 1.807) is 12.4 Å². The Hall–Kier alpha value is -2.69. The van der Waals surface area contributed by atoms with Gasteiger partial charge in [-0.2, -0.15) is 0 Å². The van der Waals surface area contributed by atoms with Crippen LogP contribution in [0, 0.1) is 0 Å². The Morgan fingerprint density at radius 2 is 2.05 bits per heavy atom. The topological polar surface area (TPSA) is 59.3 Å². The van der Waals surface area contributed by atoms with Gasteiger partial charge in [-0.25, -0.2) is 4.98 Å². The van der Waals surface area contributed by atoms with Crippen molar-refractivity contribution in [1.29, 1.82) is 0 Å². The van der Waals surface area contributed by atoms with Crippen LogP contribution in [0.4, 0.5) is 0 Å². The number of nitrogens with zero attached hydrogens (tertiary/aromatic N) is 3. The second-order valence-corrected chi connectivity index (χ2v) is 4.51. The molecule has 0 spiro atoms. The second-order valence-electron chi connectivity index (χ2n) is 4.51. The SMILES string of the molecule is O=C(Cc1cn2ccccc2n1)NCc1ccncc1. The van der Waals surface area contributed by atoms with Crippen molar-refractivity contribution in [3.8, 4) is 0 Å². The smallest absolute Gasteiger partial charge is 0.226 e. The van der Waals surface area contributed by atoms with Gasteiger partial charge in [0.25, 0.3) is 0 Å². The van der Waals surface area contributed by atoms with E-state index in [1.807, 2.05) is 47.1 Å². The van der Waals surface area contributed by atoms with E-state index in [2.05, 4.69) is 15.3 Å². The molecule has 0 saturated heterocycles. The molecule has 0 radical (unpaired) electrons. The van der Waals surface area contributed by atoms with Crippen molar-refractivity contribution in [1.82, 2.24) is 19.7 Å². The molecule has 0 fully saturated rings. The number of carbonyl (C=O) groups is 1. The van der Waals surface area contributed by atoms with Crippen molar-refractivity contribution in [2.75, 3.05) is 0 Å². The average Bonchev–Trinajstić information content (AvgIpc) is 2.88. The molecule has 0 bridgehead atoms. The second kappa shape index (κ2) is 5.52. The van der Waals surface area contributed by atoms with Gasteiger partial charge in [0, 0.05) is 31.3 Å². The molecule has 3 aromatic rings. The van der Waals surface area contributed by atoms with E-state index in [1.165, 1.54) is 0 Å². The molecule has 0 aromatic carbocycles. The minimum Gasteiger partial charge on any atom is -0.352 e. The molecule has 0 aliphatic carbocycles. The standard InChI is InChI=1S/C15H14N4O/c20-15(17-10-12-4-6-16-7-5-12)9-13-11-19-8-2-1-3-14(19)18-13/h1-8,11H,9-10H2,(H,17,20). The quantitative estimate of drug-likeness (QED) is 0.780. The minimum absolute atomic E-state index is 0.0368. The van der Waals surface area contributed by atoms with Gasteiger partial charge in [-0.15, -0.1) is 0 Å². The lowest BCUT2D eigenvalue weighted by molar-refractivity contribution is -0.120. The summed E-state index contributed by atoms with van der Waals surface area (Å²) in [6, 6.07) is 9.53. The molecule has 1 N–H and O–H groups in total. The highest BCUT2D eigenvalue weighted by atomic mass is 16.1. The van der Waals surface area contributed by atoms with Crippen LogP contribution in [-0.2, 0) is 17.8 Å². The largest absolute Gasteiger partial charge is 0.352 e. The number of amides is 1. The molecule has 100 valence electrons. The molecular weight excluding hydrogens is 252 g/mol. The lowest BCUT2D eigenvalue weighted by atomic mass is 10.2. The summed E-state index contributed by atoms with van der Waals surface area (Å²) < 4.78 is 1.91. The van der Waals surface area contributed by atoms with Crippen molar-refractivity contribution >= 4 is 11.6 Å². The maximum absolute atomic E-state index is 11.9. The van der Waals surface area contributed by atoms with Gasteiger partial charge in [-0.3, -0.25) is 9.78 Å². The summed E-state index contributed by atoms with van der Waals surface area (Å²) in [7, 11) is 0. The van der Waals surface area contributed by atoms with Crippen LogP contribution in [0.15, 0.2) is 55.1 Å². The molecule has 5 heteroatoms. The zero-order valence-electron chi connectivity index (χ0n) is 10.9. The van der Waals surface area contributed by atoms with Gasteiger partial charge < -0.3 is 9.72 Å². The van der Waals surface area contributed by atoms with Crippen LogP contribution in [0.2, 0.25) is 0 Å². The van der Waals surface area contributed by atoms with Crippen molar-refractivity contribution in [2.24, 2.45) is 0 Å².